The quantitative estimate of drug-likeness (QED) is 0.363. The van der Waals surface area contributed by atoms with E-state index in [4.69, 9.17) is 9.47 Å². The van der Waals surface area contributed by atoms with Gasteiger partial charge in [0.15, 0.2) is 10.7 Å². The molecule has 3 heterocycles. The Hall–Kier alpha value is -3.23. The van der Waals surface area contributed by atoms with E-state index in [-0.39, 0.29) is 22.3 Å². The summed E-state index contributed by atoms with van der Waals surface area (Å²) in [6.07, 6.45) is 1.26. The lowest BCUT2D eigenvalue weighted by atomic mass is 10.2. The first-order chi connectivity index (χ1) is 15.8. The predicted octanol–water partition coefficient (Wildman–Crippen LogP) is 3.59. The van der Waals surface area contributed by atoms with Crippen LogP contribution in [0.4, 0.5) is 9.93 Å². The first kappa shape index (κ1) is 22.9. The highest BCUT2D eigenvalue weighted by molar-refractivity contribution is 9.10. The molecule has 0 fully saturated rings. The smallest absolute Gasteiger partial charge is 0.417 e. The molecule has 0 unspecified atom stereocenters. The van der Waals surface area contributed by atoms with E-state index < -0.39 is 16.1 Å². The van der Waals surface area contributed by atoms with E-state index in [2.05, 4.69) is 30.3 Å². The number of halogens is 1. The van der Waals surface area contributed by atoms with Crippen molar-refractivity contribution in [2.45, 2.75) is 11.6 Å². The van der Waals surface area contributed by atoms with Crippen LogP contribution in [0.25, 0.3) is 11.0 Å². The monoisotopic (exact) mass is 553 g/mol. The maximum Gasteiger partial charge on any atom is 0.417 e. The van der Waals surface area contributed by atoms with Crippen molar-refractivity contribution >= 4 is 59.7 Å². The molecule has 0 radical (unpaired) electrons. The molecular formula is C19H16BrN5O6S2. The molecule has 172 valence electrons. The molecule has 4 rings (SSSR count). The Bertz CT molecular complexity index is 1440. The molecule has 1 N–H and O–H groups in total. The highest BCUT2D eigenvalue weighted by Crippen LogP contribution is 2.32. The standard InChI is InChI=1S/C19H16BrN5O6S2/c1-30-12-4-3-11(15(7-12)31-2)8-25(18-21-10-22-32-18)33(28,29)16-6-5-13-14(20)9-24(19(26)27)17(13)23-16/h3-7,9-10H,8H2,1-2H3,(H,26,27). The van der Waals surface area contributed by atoms with Crippen molar-refractivity contribution in [3.05, 3.63) is 52.9 Å². The van der Waals surface area contributed by atoms with Crippen LogP contribution in [0.2, 0.25) is 0 Å². The van der Waals surface area contributed by atoms with Gasteiger partial charge in [-0.25, -0.2) is 23.6 Å². The number of benzene rings is 1. The Morgan fingerprint density at radius 1 is 1.24 bits per heavy atom. The average Bonchev–Trinajstić information content (AvgIpc) is 3.45. The molecule has 4 aromatic rings. The van der Waals surface area contributed by atoms with Gasteiger partial charge in [-0.05, 0) is 40.2 Å². The largest absolute Gasteiger partial charge is 0.497 e. The van der Waals surface area contributed by atoms with Crippen LogP contribution < -0.4 is 13.8 Å². The van der Waals surface area contributed by atoms with Crippen molar-refractivity contribution in [3.8, 4) is 11.5 Å². The first-order valence-corrected chi connectivity index (χ1v) is 12.2. The van der Waals surface area contributed by atoms with Crippen LogP contribution in [0.1, 0.15) is 5.56 Å². The number of rotatable bonds is 7. The fourth-order valence-corrected chi connectivity index (χ4v) is 5.69. The number of nitrogens with zero attached hydrogens (tertiary/aromatic N) is 5. The van der Waals surface area contributed by atoms with E-state index in [1.54, 1.807) is 18.2 Å². The number of anilines is 1. The topological polar surface area (TPSA) is 137 Å². The normalized spacial score (nSPS) is 11.5. The lowest BCUT2D eigenvalue weighted by Gasteiger charge is -2.22. The van der Waals surface area contributed by atoms with Crippen molar-refractivity contribution in [1.82, 2.24) is 18.9 Å². The molecular weight excluding hydrogens is 538 g/mol. The van der Waals surface area contributed by atoms with Crippen molar-refractivity contribution in [3.63, 3.8) is 0 Å². The van der Waals surface area contributed by atoms with E-state index >= 15 is 0 Å². The lowest BCUT2D eigenvalue weighted by molar-refractivity contribution is 0.197. The number of fused-ring (bicyclic) bond motifs is 1. The van der Waals surface area contributed by atoms with Gasteiger partial charge in [0.25, 0.3) is 10.0 Å². The number of carbonyl (C=O) groups is 1. The highest BCUT2D eigenvalue weighted by atomic mass is 79.9. The molecule has 14 heteroatoms. The van der Waals surface area contributed by atoms with Crippen LogP contribution in [-0.4, -0.2) is 52.7 Å². The van der Waals surface area contributed by atoms with E-state index in [1.165, 1.54) is 38.9 Å². The molecule has 3 aromatic heterocycles. The minimum absolute atomic E-state index is 0.0188. The average molecular weight is 554 g/mol. The zero-order valence-electron chi connectivity index (χ0n) is 17.2. The number of hydrogen-bond donors (Lipinski definition) is 1. The Morgan fingerprint density at radius 2 is 2.03 bits per heavy atom. The molecule has 1 aromatic carbocycles. The van der Waals surface area contributed by atoms with Crippen LogP contribution in [0.15, 0.2) is 52.4 Å². The van der Waals surface area contributed by atoms with Gasteiger partial charge in [0.2, 0.25) is 5.13 Å². The zero-order chi connectivity index (χ0) is 23.8. The second kappa shape index (κ2) is 8.96. The summed E-state index contributed by atoms with van der Waals surface area (Å²) in [5.41, 5.74) is 0.532. The molecule has 0 saturated heterocycles. The highest BCUT2D eigenvalue weighted by Gasteiger charge is 2.31. The number of aromatic nitrogens is 4. The molecule has 0 atom stereocenters. The Kier molecular flexibility index (Phi) is 6.23. The molecule has 0 bridgehead atoms. The number of pyridine rings is 1. The summed E-state index contributed by atoms with van der Waals surface area (Å²) in [7, 11) is -1.28. The van der Waals surface area contributed by atoms with Crippen molar-refractivity contribution in [2.24, 2.45) is 0 Å². The summed E-state index contributed by atoms with van der Waals surface area (Å²) in [5, 5.41) is 9.67. The third kappa shape index (κ3) is 4.24. The predicted molar refractivity (Wildman–Crippen MR) is 124 cm³/mol. The summed E-state index contributed by atoms with van der Waals surface area (Å²) in [6, 6.07) is 7.82. The van der Waals surface area contributed by atoms with Crippen LogP contribution in [0, 0.1) is 0 Å². The maximum atomic E-state index is 13.7. The summed E-state index contributed by atoms with van der Waals surface area (Å²) in [5.74, 6) is 0.971. The summed E-state index contributed by atoms with van der Waals surface area (Å²) < 4.78 is 44.2. The second-order valence-corrected chi connectivity index (χ2v) is 9.99. The molecule has 33 heavy (non-hydrogen) atoms. The van der Waals surface area contributed by atoms with Gasteiger partial charge in [-0.15, -0.1) is 0 Å². The van der Waals surface area contributed by atoms with Crippen LogP contribution in [0.3, 0.4) is 0 Å². The molecule has 0 aliphatic rings. The number of carboxylic acid groups (broad SMARTS) is 1. The van der Waals surface area contributed by atoms with Gasteiger partial charge >= 0.3 is 6.09 Å². The molecule has 0 aliphatic heterocycles. The third-order valence-electron chi connectivity index (χ3n) is 4.71. The van der Waals surface area contributed by atoms with E-state index in [1.807, 2.05) is 0 Å². The van der Waals surface area contributed by atoms with Crippen molar-refractivity contribution in [1.29, 1.82) is 0 Å². The fourth-order valence-electron chi connectivity index (χ4n) is 3.12. The minimum Gasteiger partial charge on any atom is -0.497 e. The van der Waals surface area contributed by atoms with Gasteiger partial charge in [-0.3, -0.25) is 0 Å². The summed E-state index contributed by atoms with van der Waals surface area (Å²) in [4.78, 5) is 19.8. The number of ether oxygens (including phenoxy) is 2. The summed E-state index contributed by atoms with van der Waals surface area (Å²) >= 11 is 4.16. The molecule has 11 nitrogen and oxygen atoms in total. The molecule has 0 saturated carbocycles. The van der Waals surface area contributed by atoms with Crippen molar-refractivity contribution < 1.29 is 27.8 Å². The first-order valence-electron chi connectivity index (χ1n) is 9.17. The molecule has 0 amide bonds. The van der Waals surface area contributed by atoms with Gasteiger partial charge in [0.1, 0.15) is 17.8 Å². The van der Waals surface area contributed by atoms with Gasteiger partial charge in [0, 0.05) is 39.2 Å². The lowest BCUT2D eigenvalue weighted by Crippen LogP contribution is -2.31. The SMILES string of the molecule is COc1ccc(CN(c2ncns2)S(=O)(=O)c2ccc3c(Br)cn(C(=O)O)c3n2)c(OC)c1. The van der Waals surface area contributed by atoms with Gasteiger partial charge in [-0.1, -0.05) is 0 Å². The molecule has 0 aliphatic carbocycles. The van der Waals surface area contributed by atoms with Crippen LogP contribution in [-0.2, 0) is 16.6 Å². The van der Waals surface area contributed by atoms with Crippen LogP contribution >= 0.6 is 27.5 Å². The number of sulfonamides is 1. The Morgan fingerprint density at radius 3 is 2.67 bits per heavy atom. The molecule has 0 spiro atoms. The number of methoxy groups -OCH3 is 2. The maximum absolute atomic E-state index is 13.7. The van der Waals surface area contributed by atoms with E-state index in [9.17, 15) is 18.3 Å². The Balaban J connectivity index is 1.83. The Labute approximate surface area is 200 Å². The van der Waals surface area contributed by atoms with Gasteiger partial charge in [0.05, 0.1) is 20.8 Å². The van der Waals surface area contributed by atoms with Crippen LogP contribution in [0.5, 0.6) is 11.5 Å². The fraction of sp³-hybridized carbons (Fsp3) is 0.158. The van der Waals surface area contributed by atoms with Gasteiger partial charge in [-0.2, -0.15) is 12.8 Å². The van der Waals surface area contributed by atoms with Gasteiger partial charge < -0.3 is 14.6 Å². The second-order valence-electron chi connectivity index (χ2n) is 6.56. The zero-order valence-corrected chi connectivity index (χ0v) is 20.4. The third-order valence-corrected chi connectivity index (χ3v) is 7.78. The van der Waals surface area contributed by atoms with Crippen molar-refractivity contribution in [2.75, 3.05) is 18.5 Å². The minimum atomic E-state index is -4.27. The van der Waals surface area contributed by atoms with E-state index in [0.717, 1.165) is 20.4 Å². The number of hydrogen-bond acceptors (Lipinski definition) is 9. The summed E-state index contributed by atoms with van der Waals surface area (Å²) in [6.45, 7) is -0.131. The van der Waals surface area contributed by atoms with E-state index in [0.29, 0.717) is 26.9 Å².